The molecule has 56 heavy (non-hydrogen) atoms. The molecule has 0 spiro atoms. The van der Waals surface area contributed by atoms with Crippen LogP contribution < -0.4 is 0 Å². The lowest BCUT2D eigenvalue weighted by Crippen LogP contribution is -2.30. The molecule has 0 atom stereocenters. The third kappa shape index (κ3) is 7.63. The predicted octanol–water partition coefficient (Wildman–Crippen LogP) is 14.8. The normalized spacial score (nSPS) is 13.0. The highest BCUT2D eigenvalue weighted by Gasteiger charge is 2.37. The molecule has 0 saturated carbocycles. The van der Waals surface area contributed by atoms with Crippen molar-refractivity contribution in [1.82, 2.24) is 9.97 Å². The Morgan fingerprint density at radius 3 is 1.77 bits per heavy atom. The van der Waals surface area contributed by atoms with Crippen LogP contribution >= 0.6 is 0 Å². The number of hydrogen-bond donors (Lipinski definition) is 1. The number of hydrogen-bond acceptors (Lipinski definition) is 4. The van der Waals surface area contributed by atoms with Gasteiger partial charge in [-0.1, -0.05) is 132 Å². The summed E-state index contributed by atoms with van der Waals surface area (Å²) in [5.74, 6) is 0.773. The van der Waals surface area contributed by atoms with Crippen molar-refractivity contribution >= 4 is 22.0 Å². The van der Waals surface area contributed by atoms with Crippen molar-refractivity contribution < 1.29 is 9.52 Å². The van der Waals surface area contributed by atoms with Gasteiger partial charge in [-0.25, -0.2) is 4.98 Å². The quantitative estimate of drug-likeness (QED) is 0.191. The maximum atomic E-state index is 11.2. The number of benzene rings is 5. The van der Waals surface area contributed by atoms with Crippen LogP contribution in [0.5, 0.6) is 5.75 Å². The molecule has 0 unspecified atom stereocenters. The van der Waals surface area contributed by atoms with Crippen LogP contribution in [0.25, 0.3) is 66.8 Å². The monoisotopic (exact) mass is 742 g/mol. The van der Waals surface area contributed by atoms with E-state index in [1.54, 1.807) is 6.07 Å². The summed E-state index contributed by atoms with van der Waals surface area (Å²) in [6.07, 6.45) is 1.89. The molecule has 0 radical (unpaired) electrons. The van der Waals surface area contributed by atoms with Gasteiger partial charge in [-0.3, -0.25) is 4.98 Å². The molecule has 0 aliphatic carbocycles. The van der Waals surface area contributed by atoms with Crippen LogP contribution in [0, 0.1) is 17.8 Å². The third-order valence-corrected chi connectivity index (χ3v) is 11.2. The first-order valence-electron chi connectivity index (χ1n) is 20.0. The van der Waals surface area contributed by atoms with E-state index in [2.05, 4.69) is 163 Å². The highest BCUT2D eigenvalue weighted by atomic mass is 16.3. The summed E-state index contributed by atoms with van der Waals surface area (Å²) in [4.78, 5) is 10.1. The van der Waals surface area contributed by atoms with Crippen molar-refractivity contribution in [3.05, 3.63) is 126 Å². The number of pyridine rings is 1. The van der Waals surface area contributed by atoms with Crippen LogP contribution in [0.4, 0.5) is 0 Å². The molecule has 4 heteroatoms. The van der Waals surface area contributed by atoms with Gasteiger partial charge in [-0.05, 0) is 128 Å². The first-order valence-corrected chi connectivity index (χ1v) is 20.0. The van der Waals surface area contributed by atoms with E-state index in [4.69, 9.17) is 14.4 Å². The molecular formula is C52H58N2O2. The van der Waals surface area contributed by atoms with Crippen LogP contribution in [0.1, 0.15) is 111 Å². The average molecular weight is 743 g/mol. The summed E-state index contributed by atoms with van der Waals surface area (Å²) in [7, 11) is 0. The summed E-state index contributed by atoms with van der Waals surface area (Å²) in [5, 5.41) is 12.3. The topological polar surface area (TPSA) is 59.2 Å². The van der Waals surface area contributed by atoms with E-state index < -0.39 is 0 Å². The van der Waals surface area contributed by atoms with E-state index in [9.17, 15) is 5.11 Å². The Morgan fingerprint density at radius 1 is 0.554 bits per heavy atom. The third-order valence-electron chi connectivity index (χ3n) is 11.2. The average Bonchev–Trinajstić information content (AvgIpc) is 3.53. The minimum Gasteiger partial charge on any atom is -0.507 e. The van der Waals surface area contributed by atoms with Gasteiger partial charge in [-0.15, -0.1) is 0 Å². The maximum absolute atomic E-state index is 11.2. The van der Waals surface area contributed by atoms with E-state index in [0.29, 0.717) is 17.0 Å². The second kappa shape index (κ2) is 13.8. The van der Waals surface area contributed by atoms with Gasteiger partial charge >= 0.3 is 0 Å². The maximum Gasteiger partial charge on any atom is 0.231 e. The second-order valence-electron chi connectivity index (χ2n) is 20.1. The molecule has 0 saturated heterocycles. The van der Waals surface area contributed by atoms with E-state index in [0.717, 1.165) is 55.4 Å². The van der Waals surface area contributed by atoms with E-state index in [1.807, 2.05) is 24.4 Å². The molecule has 4 nitrogen and oxygen atoms in total. The van der Waals surface area contributed by atoms with Gasteiger partial charge in [-0.2, -0.15) is 0 Å². The summed E-state index contributed by atoms with van der Waals surface area (Å²) in [5.41, 5.74) is 14.1. The number of rotatable bonds is 5. The smallest absolute Gasteiger partial charge is 0.231 e. The molecule has 0 fully saturated rings. The largest absolute Gasteiger partial charge is 0.507 e. The highest BCUT2D eigenvalue weighted by molar-refractivity contribution is 5.99. The highest BCUT2D eigenvalue weighted by Crippen LogP contribution is 2.50. The van der Waals surface area contributed by atoms with Gasteiger partial charge in [0.2, 0.25) is 5.89 Å². The zero-order valence-electron chi connectivity index (χ0n) is 35.6. The summed E-state index contributed by atoms with van der Waals surface area (Å²) >= 11 is 0. The molecule has 5 aromatic carbocycles. The molecule has 7 aromatic rings. The summed E-state index contributed by atoms with van der Waals surface area (Å²) < 4.78 is 6.70. The number of phenolic OH excluding ortho intramolecular Hbond substituents is 1. The molecule has 2 heterocycles. The van der Waals surface area contributed by atoms with Crippen molar-refractivity contribution in [3.63, 3.8) is 0 Å². The molecule has 0 aliphatic rings. The Bertz CT molecular complexity index is 2570. The fourth-order valence-corrected chi connectivity index (χ4v) is 8.86. The first-order chi connectivity index (χ1) is 26.1. The van der Waals surface area contributed by atoms with Gasteiger partial charge in [0, 0.05) is 22.7 Å². The van der Waals surface area contributed by atoms with Crippen LogP contribution in [0.3, 0.4) is 0 Å². The molecule has 0 aliphatic heterocycles. The summed E-state index contributed by atoms with van der Waals surface area (Å²) in [6.45, 7) is 29.5. The van der Waals surface area contributed by atoms with Crippen molar-refractivity contribution in [2.45, 2.75) is 107 Å². The van der Waals surface area contributed by atoms with Gasteiger partial charge in [0.25, 0.3) is 0 Å². The number of oxazole rings is 1. The molecule has 0 bridgehead atoms. The molecule has 7 rings (SSSR count). The first kappa shape index (κ1) is 39.0. The van der Waals surface area contributed by atoms with Gasteiger partial charge in [0.05, 0.1) is 11.1 Å². The van der Waals surface area contributed by atoms with Crippen molar-refractivity contribution in [3.8, 4) is 50.6 Å². The van der Waals surface area contributed by atoms with Gasteiger partial charge in [0.15, 0.2) is 5.58 Å². The Balaban J connectivity index is 1.56. The standard InChI is InChI=1S/C52H58N2O2/c1-31-23-33-15-14-22-53-45(33)40(24-31)35-25-36(27-37(26-35)47(51(8,9)10)52(11,12)13)41-28-34(32-16-18-38(19-17-32)49(2,3)4)29-44-46(41)54-48(56-44)42-30-39(50(5,6)7)20-21-43(42)55/h14-30,47,55H,1-13H3. The van der Waals surface area contributed by atoms with Crippen molar-refractivity contribution in [2.75, 3.05) is 0 Å². The Labute approximate surface area is 334 Å². The number of aryl methyl sites for hydroxylation is 1. The van der Waals surface area contributed by atoms with Crippen LogP contribution in [-0.4, -0.2) is 15.1 Å². The Hall–Kier alpha value is -5.22. The van der Waals surface area contributed by atoms with Crippen LogP contribution in [-0.2, 0) is 10.8 Å². The fourth-order valence-electron chi connectivity index (χ4n) is 8.86. The number of aromatic nitrogens is 2. The Kier molecular flexibility index (Phi) is 9.59. The minimum atomic E-state index is -0.117. The molecule has 288 valence electrons. The number of fused-ring (bicyclic) bond motifs is 2. The van der Waals surface area contributed by atoms with E-state index >= 15 is 0 Å². The zero-order chi connectivity index (χ0) is 40.5. The molecule has 0 amide bonds. The van der Waals surface area contributed by atoms with Crippen molar-refractivity contribution in [2.24, 2.45) is 10.8 Å². The van der Waals surface area contributed by atoms with Gasteiger partial charge < -0.3 is 9.52 Å². The Morgan fingerprint density at radius 2 is 1.16 bits per heavy atom. The second-order valence-corrected chi connectivity index (χ2v) is 20.1. The SMILES string of the molecule is Cc1cc(-c2cc(-c3cc(-c4ccc(C(C)(C)C)cc4)cc4oc(-c5cc(C(C)(C)C)ccc5O)nc34)cc(C(C(C)(C)C)C(C)(C)C)c2)c2ncccc2c1. The number of nitrogens with zero attached hydrogens (tertiary/aromatic N) is 2. The minimum absolute atomic E-state index is 0.0241. The van der Waals surface area contributed by atoms with Gasteiger partial charge in [0.1, 0.15) is 11.3 Å². The fraction of sp³-hybridized carbons (Fsp3) is 0.346. The lowest BCUT2D eigenvalue weighted by molar-refractivity contribution is 0.176. The van der Waals surface area contributed by atoms with Crippen LogP contribution in [0.15, 0.2) is 108 Å². The molecule has 2 aromatic heterocycles. The zero-order valence-corrected chi connectivity index (χ0v) is 35.6. The summed E-state index contributed by atoms with van der Waals surface area (Å²) in [6, 6.07) is 34.7. The number of phenols is 1. The predicted molar refractivity (Wildman–Crippen MR) is 237 cm³/mol. The lowest BCUT2D eigenvalue weighted by Gasteiger charge is -2.41. The molecule has 1 N–H and O–H groups in total. The van der Waals surface area contributed by atoms with Crippen molar-refractivity contribution in [1.29, 1.82) is 0 Å². The number of aromatic hydroxyl groups is 1. The lowest BCUT2D eigenvalue weighted by atomic mass is 9.63. The van der Waals surface area contributed by atoms with Crippen LogP contribution in [0.2, 0.25) is 0 Å². The van der Waals surface area contributed by atoms with E-state index in [-0.39, 0.29) is 33.3 Å². The van der Waals surface area contributed by atoms with E-state index in [1.165, 1.54) is 16.7 Å². The molecular weight excluding hydrogens is 685 g/mol.